The maximum atomic E-state index is 12.0. The Kier molecular flexibility index (Phi) is 6.75. The minimum absolute atomic E-state index is 0.0569. The highest BCUT2D eigenvalue weighted by Crippen LogP contribution is 2.31. The van der Waals surface area contributed by atoms with Gasteiger partial charge in [-0.05, 0) is 24.3 Å². The first-order valence-electron chi connectivity index (χ1n) is 9.61. The number of piperazine rings is 1. The van der Waals surface area contributed by atoms with E-state index in [2.05, 4.69) is 31.4 Å². The molecule has 1 aliphatic heterocycles. The predicted molar refractivity (Wildman–Crippen MR) is 119 cm³/mol. The van der Waals surface area contributed by atoms with Gasteiger partial charge in [0.2, 0.25) is 11.0 Å². The summed E-state index contributed by atoms with van der Waals surface area (Å²) in [5, 5.41) is 12.3. The summed E-state index contributed by atoms with van der Waals surface area (Å²) >= 11 is 2.93. The number of methoxy groups -OCH3 is 1. The minimum atomic E-state index is -0.0569. The van der Waals surface area contributed by atoms with Gasteiger partial charge >= 0.3 is 0 Å². The SMILES string of the molecule is COc1ccccc1N1CCN(c2nnc(SCC(=O)NCc3ccco3)s2)CC1. The molecule has 1 saturated heterocycles. The van der Waals surface area contributed by atoms with Crippen LogP contribution in [0.25, 0.3) is 0 Å². The molecule has 0 spiro atoms. The highest BCUT2D eigenvalue weighted by atomic mass is 32.2. The molecule has 1 aromatic carbocycles. The third-order valence-corrected chi connectivity index (χ3v) is 6.86. The zero-order chi connectivity index (χ0) is 20.8. The van der Waals surface area contributed by atoms with Gasteiger partial charge in [0.25, 0.3) is 0 Å². The lowest BCUT2D eigenvalue weighted by Gasteiger charge is -2.36. The Morgan fingerprint density at radius 3 is 2.73 bits per heavy atom. The standard InChI is InChI=1S/C20H23N5O3S2/c1-27-17-7-3-2-6-16(17)24-8-10-25(11-9-24)19-22-23-20(30-19)29-14-18(26)21-13-15-5-4-12-28-15/h2-7,12H,8-11,13-14H2,1H3,(H,21,26). The first kappa shape index (κ1) is 20.5. The van der Waals surface area contributed by atoms with Gasteiger partial charge in [0.1, 0.15) is 11.5 Å². The summed E-state index contributed by atoms with van der Waals surface area (Å²) in [6.45, 7) is 3.89. The molecule has 8 nitrogen and oxygen atoms in total. The van der Waals surface area contributed by atoms with E-state index in [0.29, 0.717) is 12.3 Å². The van der Waals surface area contributed by atoms with Crippen LogP contribution in [-0.2, 0) is 11.3 Å². The minimum Gasteiger partial charge on any atom is -0.495 e. The Balaban J connectivity index is 1.25. The largest absolute Gasteiger partial charge is 0.495 e. The number of thioether (sulfide) groups is 1. The van der Waals surface area contributed by atoms with Crippen LogP contribution >= 0.6 is 23.1 Å². The van der Waals surface area contributed by atoms with Crippen LogP contribution in [0.5, 0.6) is 5.75 Å². The van der Waals surface area contributed by atoms with Gasteiger partial charge in [0.05, 0.1) is 31.4 Å². The van der Waals surface area contributed by atoms with Crippen molar-refractivity contribution in [2.24, 2.45) is 0 Å². The summed E-state index contributed by atoms with van der Waals surface area (Å²) in [7, 11) is 1.70. The van der Waals surface area contributed by atoms with Crippen LogP contribution in [0, 0.1) is 0 Å². The molecule has 2 aromatic heterocycles. The molecule has 0 aliphatic carbocycles. The molecule has 1 amide bonds. The third-order valence-electron chi connectivity index (χ3n) is 4.74. The molecule has 3 aromatic rings. The number of nitrogens with one attached hydrogen (secondary N) is 1. The topological polar surface area (TPSA) is 83.7 Å². The van der Waals surface area contributed by atoms with Gasteiger partial charge in [-0.1, -0.05) is 35.2 Å². The number of carbonyl (C=O) groups is 1. The van der Waals surface area contributed by atoms with Crippen LogP contribution in [0.2, 0.25) is 0 Å². The van der Waals surface area contributed by atoms with Crippen molar-refractivity contribution in [3.63, 3.8) is 0 Å². The van der Waals surface area contributed by atoms with Crippen LogP contribution in [0.3, 0.4) is 0 Å². The average Bonchev–Trinajstić information content (AvgIpc) is 3.48. The van der Waals surface area contributed by atoms with E-state index in [-0.39, 0.29) is 5.91 Å². The number of anilines is 2. The molecule has 0 unspecified atom stereocenters. The summed E-state index contributed by atoms with van der Waals surface area (Å²) in [6.07, 6.45) is 1.59. The van der Waals surface area contributed by atoms with Gasteiger partial charge in [0.15, 0.2) is 4.34 Å². The van der Waals surface area contributed by atoms with Crippen molar-refractivity contribution >= 4 is 39.8 Å². The number of hydrogen-bond acceptors (Lipinski definition) is 9. The Labute approximate surface area is 183 Å². The van der Waals surface area contributed by atoms with Crippen molar-refractivity contribution in [1.82, 2.24) is 15.5 Å². The predicted octanol–water partition coefficient (Wildman–Crippen LogP) is 2.87. The van der Waals surface area contributed by atoms with Crippen molar-refractivity contribution in [2.45, 2.75) is 10.9 Å². The Hall–Kier alpha value is -2.72. The lowest BCUT2D eigenvalue weighted by molar-refractivity contribution is -0.118. The van der Waals surface area contributed by atoms with Crippen LogP contribution < -0.4 is 19.9 Å². The Morgan fingerprint density at radius 2 is 1.97 bits per heavy atom. The molecule has 30 heavy (non-hydrogen) atoms. The molecule has 158 valence electrons. The van der Waals surface area contributed by atoms with Crippen LogP contribution in [0.1, 0.15) is 5.76 Å². The first-order chi connectivity index (χ1) is 14.7. The van der Waals surface area contributed by atoms with Crippen LogP contribution in [-0.4, -0.2) is 55.1 Å². The number of benzene rings is 1. The molecule has 10 heteroatoms. The maximum absolute atomic E-state index is 12.0. The molecule has 3 heterocycles. The van der Waals surface area contributed by atoms with Crippen molar-refractivity contribution in [1.29, 1.82) is 0 Å². The van der Waals surface area contributed by atoms with Gasteiger partial charge in [-0.15, -0.1) is 10.2 Å². The van der Waals surface area contributed by atoms with E-state index in [0.717, 1.165) is 52.8 Å². The zero-order valence-electron chi connectivity index (χ0n) is 16.6. The molecular weight excluding hydrogens is 422 g/mol. The number of furan rings is 1. The smallest absolute Gasteiger partial charge is 0.230 e. The summed E-state index contributed by atoms with van der Waals surface area (Å²) in [4.78, 5) is 16.6. The van der Waals surface area contributed by atoms with E-state index >= 15 is 0 Å². The fourth-order valence-corrected chi connectivity index (χ4v) is 4.92. The molecule has 4 rings (SSSR count). The van der Waals surface area contributed by atoms with Crippen molar-refractivity contribution in [3.8, 4) is 5.75 Å². The van der Waals surface area contributed by atoms with Gasteiger partial charge in [-0.2, -0.15) is 0 Å². The quantitative estimate of drug-likeness (QED) is 0.530. The van der Waals surface area contributed by atoms with Gasteiger partial charge in [-0.3, -0.25) is 4.79 Å². The molecule has 0 saturated carbocycles. The van der Waals surface area contributed by atoms with E-state index in [1.807, 2.05) is 24.3 Å². The molecule has 1 fully saturated rings. The maximum Gasteiger partial charge on any atom is 0.230 e. The normalized spacial score (nSPS) is 14.0. The van der Waals surface area contributed by atoms with E-state index in [9.17, 15) is 4.79 Å². The van der Waals surface area contributed by atoms with Crippen LogP contribution in [0.15, 0.2) is 51.4 Å². The fraction of sp³-hybridized carbons (Fsp3) is 0.350. The molecule has 1 N–H and O–H groups in total. The number of amides is 1. The summed E-state index contributed by atoms with van der Waals surface area (Å²) < 4.78 is 11.5. The first-order valence-corrected chi connectivity index (χ1v) is 11.4. The highest BCUT2D eigenvalue weighted by Gasteiger charge is 2.22. The van der Waals surface area contributed by atoms with E-state index < -0.39 is 0 Å². The van der Waals surface area contributed by atoms with Crippen molar-refractivity contribution < 1.29 is 13.9 Å². The number of para-hydroxylation sites is 2. The van der Waals surface area contributed by atoms with E-state index in [1.165, 1.54) is 23.1 Å². The monoisotopic (exact) mass is 445 g/mol. The number of aromatic nitrogens is 2. The number of carbonyl (C=O) groups excluding carboxylic acids is 1. The number of nitrogens with zero attached hydrogens (tertiary/aromatic N) is 4. The number of ether oxygens (including phenoxy) is 1. The fourth-order valence-electron chi connectivity index (χ4n) is 3.20. The van der Waals surface area contributed by atoms with Crippen molar-refractivity contribution in [3.05, 3.63) is 48.4 Å². The summed E-state index contributed by atoms with van der Waals surface area (Å²) in [6, 6.07) is 11.7. The van der Waals surface area contributed by atoms with Gasteiger partial charge in [-0.25, -0.2) is 0 Å². The molecule has 1 aliphatic rings. The average molecular weight is 446 g/mol. The molecule has 0 radical (unpaired) electrons. The Bertz CT molecular complexity index is 955. The molecular formula is C20H23N5O3S2. The lowest BCUT2D eigenvalue weighted by atomic mass is 10.2. The van der Waals surface area contributed by atoms with Gasteiger partial charge < -0.3 is 24.3 Å². The number of rotatable bonds is 8. The van der Waals surface area contributed by atoms with Crippen LogP contribution in [0.4, 0.5) is 10.8 Å². The third kappa shape index (κ3) is 5.06. The van der Waals surface area contributed by atoms with E-state index in [1.54, 1.807) is 19.4 Å². The van der Waals surface area contributed by atoms with E-state index in [4.69, 9.17) is 9.15 Å². The highest BCUT2D eigenvalue weighted by molar-refractivity contribution is 8.01. The molecule has 0 atom stereocenters. The lowest BCUT2D eigenvalue weighted by Crippen LogP contribution is -2.46. The Morgan fingerprint density at radius 1 is 1.17 bits per heavy atom. The summed E-state index contributed by atoms with van der Waals surface area (Å²) in [5.74, 6) is 1.87. The second kappa shape index (κ2) is 9.86. The molecule has 0 bridgehead atoms. The zero-order valence-corrected chi connectivity index (χ0v) is 18.2. The number of hydrogen-bond donors (Lipinski definition) is 1. The van der Waals surface area contributed by atoms with Gasteiger partial charge in [0, 0.05) is 26.2 Å². The second-order valence-electron chi connectivity index (χ2n) is 6.64. The second-order valence-corrected chi connectivity index (χ2v) is 8.82. The van der Waals surface area contributed by atoms with Crippen molar-refractivity contribution in [2.75, 3.05) is 48.8 Å². The summed E-state index contributed by atoms with van der Waals surface area (Å²) in [5.41, 5.74) is 1.12.